The van der Waals surface area contributed by atoms with Crippen LogP contribution in [0.3, 0.4) is 0 Å². The van der Waals surface area contributed by atoms with Gasteiger partial charge in [0.1, 0.15) is 5.84 Å². The number of aliphatic imine (C=N–C) groups is 1. The van der Waals surface area contributed by atoms with Crippen LogP contribution >= 0.6 is 0 Å². The zero-order valence-corrected chi connectivity index (χ0v) is 15.5. The maximum atomic E-state index is 11.1. The van der Waals surface area contributed by atoms with E-state index in [0.717, 1.165) is 54.4 Å². The summed E-state index contributed by atoms with van der Waals surface area (Å²) in [7, 11) is 0. The highest BCUT2D eigenvalue weighted by Crippen LogP contribution is 2.35. The fourth-order valence-electron chi connectivity index (χ4n) is 3.74. The highest BCUT2D eigenvalue weighted by molar-refractivity contribution is 6.09. The van der Waals surface area contributed by atoms with Crippen molar-refractivity contribution in [3.8, 4) is 0 Å². The van der Waals surface area contributed by atoms with E-state index >= 15 is 0 Å². The van der Waals surface area contributed by atoms with Gasteiger partial charge in [0, 0.05) is 12.6 Å². The number of amidine groups is 1. The highest BCUT2D eigenvalue weighted by atomic mass is 16.1. The molecular formula is C21H25N5O. The van der Waals surface area contributed by atoms with Crippen molar-refractivity contribution < 1.29 is 4.79 Å². The molecule has 1 amide bonds. The summed E-state index contributed by atoms with van der Waals surface area (Å²) in [6, 6.07) is 16.1. The Hall–Kier alpha value is -2.86. The van der Waals surface area contributed by atoms with E-state index in [1.807, 2.05) is 30.3 Å². The second kappa shape index (κ2) is 7.40. The number of benzene rings is 2. The summed E-state index contributed by atoms with van der Waals surface area (Å²) in [5.74, 6) is 0.945. The average molecular weight is 363 g/mol. The summed E-state index contributed by atoms with van der Waals surface area (Å²) in [5.41, 5.74) is 3.98. The number of para-hydroxylation sites is 2. The van der Waals surface area contributed by atoms with Crippen LogP contribution in [0.1, 0.15) is 25.3 Å². The molecule has 2 heterocycles. The van der Waals surface area contributed by atoms with Gasteiger partial charge in [0.15, 0.2) is 0 Å². The van der Waals surface area contributed by atoms with E-state index in [1.54, 1.807) is 0 Å². The summed E-state index contributed by atoms with van der Waals surface area (Å²) >= 11 is 0. The Labute approximate surface area is 159 Å². The summed E-state index contributed by atoms with van der Waals surface area (Å²) in [6.45, 7) is 4.06. The van der Waals surface area contributed by atoms with Gasteiger partial charge in [0.05, 0.1) is 23.5 Å². The SMILES string of the molecule is CC(=O)Nc1ccc(CN=C2Nc3ccccc3NC23CCNCC3)cc1. The average Bonchev–Trinajstić information content (AvgIpc) is 2.68. The molecule has 27 heavy (non-hydrogen) atoms. The van der Waals surface area contributed by atoms with E-state index < -0.39 is 0 Å². The van der Waals surface area contributed by atoms with E-state index in [2.05, 4.69) is 39.5 Å². The lowest BCUT2D eigenvalue weighted by molar-refractivity contribution is -0.114. The minimum absolute atomic E-state index is 0.0630. The molecule has 1 saturated heterocycles. The molecule has 6 nitrogen and oxygen atoms in total. The number of carbonyl (C=O) groups is 1. The molecule has 4 N–H and O–H groups in total. The first-order chi connectivity index (χ1) is 13.1. The van der Waals surface area contributed by atoms with Crippen LogP contribution in [0.5, 0.6) is 0 Å². The zero-order valence-electron chi connectivity index (χ0n) is 15.5. The number of nitrogens with one attached hydrogen (secondary N) is 4. The number of piperidine rings is 1. The van der Waals surface area contributed by atoms with Gasteiger partial charge >= 0.3 is 0 Å². The van der Waals surface area contributed by atoms with E-state index in [0.29, 0.717) is 6.54 Å². The number of fused-ring (bicyclic) bond motifs is 1. The Morgan fingerprint density at radius 2 is 1.78 bits per heavy atom. The Kier molecular flexibility index (Phi) is 4.81. The minimum Gasteiger partial charge on any atom is -0.371 e. The van der Waals surface area contributed by atoms with Crippen molar-refractivity contribution in [2.45, 2.75) is 31.8 Å². The molecule has 6 heteroatoms. The van der Waals surface area contributed by atoms with Crippen molar-refractivity contribution in [1.82, 2.24) is 5.32 Å². The summed E-state index contributed by atoms with van der Waals surface area (Å²) in [5, 5.41) is 13.5. The van der Waals surface area contributed by atoms with Gasteiger partial charge in [-0.15, -0.1) is 0 Å². The van der Waals surface area contributed by atoms with Gasteiger partial charge in [0.25, 0.3) is 0 Å². The van der Waals surface area contributed by atoms with Gasteiger partial charge in [0.2, 0.25) is 5.91 Å². The van der Waals surface area contributed by atoms with Gasteiger partial charge in [-0.3, -0.25) is 9.79 Å². The van der Waals surface area contributed by atoms with Gasteiger partial charge < -0.3 is 21.3 Å². The lowest BCUT2D eigenvalue weighted by Gasteiger charge is -2.44. The lowest BCUT2D eigenvalue weighted by atomic mass is 9.84. The third-order valence-electron chi connectivity index (χ3n) is 5.16. The Morgan fingerprint density at radius 1 is 1.07 bits per heavy atom. The van der Waals surface area contributed by atoms with E-state index in [9.17, 15) is 4.79 Å². The molecule has 2 aliphatic heterocycles. The largest absolute Gasteiger partial charge is 0.371 e. The van der Waals surface area contributed by atoms with Crippen molar-refractivity contribution in [2.75, 3.05) is 29.0 Å². The molecule has 2 aromatic carbocycles. The maximum Gasteiger partial charge on any atom is 0.221 e. The highest BCUT2D eigenvalue weighted by Gasteiger charge is 2.40. The molecule has 1 spiro atoms. The van der Waals surface area contributed by atoms with Crippen LogP contribution in [0.4, 0.5) is 17.1 Å². The molecule has 2 aliphatic rings. The van der Waals surface area contributed by atoms with Crippen LogP contribution in [0.2, 0.25) is 0 Å². The molecule has 0 saturated carbocycles. The summed E-state index contributed by atoms with van der Waals surface area (Å²) < 4.78 is 0. The second-order valence-electron chi connectivity index (χ2n) is 7.17. The molecule has 0 atom stereocenters. The predicted octanol–water partition coefficient (Wildman–Crippen LogP) is 3.20. The molecule has 1 fully saturated rings. The number of amides is 1. The third kappa shape index (κ3) is 3.80. The Bertz CT molecular complexity index is 853. The molecule has 4 rings (SSSR count). The molecular weight excluding hydrogens is 338 g/mol. The van der Waals surface area contributed by atoms with E-state index in [4.69, 9.17) is 4.99 Å². The first kappa shape index (κ1) is 17.5. The molecule has 2 aromatic rings. The normalized spacial score (nSPS) is 19.1. The number of nitrogens with zero attached hydrogens (tertiary/aromatic N) is 1. The number of rotatable bonds is 3. The molecule has 0 unspecified atom stereocenters. The van der Waals surface area contributed by atoms with Crippen LogP contribution in [0, 0.1) is 0 Å². The van der Waals surface area contributed by atoms with Crippen molar-refractivity contribution >= 4 is 28.8 Å². The second-order valence-corrected chi connectivity index (χ2v) is 7.17. The molecule has 0 bridgehead atoms. The van der Waals surface area contributed by atoms with Gasteiger partial charge in [-0.25, -0.2) is 0 Å². The van der Waals surface area contributed by atoms with Crippen molar-refractivity contribution in [3.63, 3.8) is 0 Å². The predicted molar refractivity (Wildman–Crippen MR) is 110 cm³/mol. The number of carbonyl (C=O) groups excluding carboxylic acids is 1. The van der Waals surface area contributed by atoms with Gasteiger partial charge in [-0.2, -0.15) is 0 Å². The van der Waals surface area contributed by atoms with Crippen molar-refractivity contribution in [3.05, 3.63) is 54.1 Å². The van der Waals surface area contributed by atoms with Gasteiger partial charge in [-0.1, -0.05) is 24.3 Å². The zero-order chi connectivity index (χ0) is 18.7. The van der Waals surface area contributed by atoms with Crippen LogP contribution in [0.25, 0.3) is 0 Å². The van der Waals surface area contributed by atoms with E-state index in [-0.39, 0.29) is 11.4 Å². The number of hydrogen-bond acceptors (Lipinski definition) is 4. The standard InChI is InChI=1S/C21H25N5O/c1-15(27)24-17-8-6-16(7-9-17)14-23-20-21(10-12-22-13-11-21)26-19-5-3-2-4-18(19)25-20/h2-9,22,26H,10-14H2,1H3,(H,23,25)(H,24,27). The summed E-state index contributed by atoms with van der Waals surface area (Å²) in [6.07, 6.45) is 1.99. The number of hydrogen-bond donors (Lipinski definition) is 4. The quantitative estimate of drug-likeness (QED) is 0.675. The molecule has 140 valence electrons. The Balaban J connectivity index is 1.57. The van der Waals surface area contributed by atoms with E-state index in [1.165, 1.54) is 6.92 Å². The molecule has 0 aromatic heterocycles. The number of anilines is 3. The maximum absolute atomic E-state index is 11.1. The monoisotopic (exact) mass is 363 g/mol. The first-order valence-corrected chi connectivity index (χ1v) is 9.41. The lowest BCUT2D eigenvalue weighted by Crippen LogP contribution is -2.57. The summed E-state index contributed by atoms with van der Waals surface area (Å²) in [4.78, 5) is 16.1. The van der Waals surface area contributed by atoms with Crippen LogP contribution in [-0.4, -0.2) is 30.4 Å². The smallest absolute Gasteiger partial charge is 0.221 e. The van der Waals surface area contributed by atoms with Crippen molar-refractivity contribution in [1.29, 1.82) is 0 Å². The molecule has 0 aliphatic carbocycles. The van der Waals surface area contributed by atoms with Crippen LogP contribution < -0.4 is 21.3 Å². The topological polar surface area (TPSA) is 77.5 Å². The Morgan fingerprint density at radius 3 is 2.48 bits per heavy atom. The van der Waals surface area contributed by atoms with Gasteiger partial charge in [-0.05, 0) is 55.8 Å². The minimum atomic E-state index is -0.143. The third-order valence-corrected chi connectivity index (χ3v) is 5.16. The molecule has 0 radical (unpaired) electrons. The van der Waals surface area contributed by atoms with Crippen LogP contribution in [-0.2, 0) is 11.3 Å². The first-order valence-electron chi connectivity index (χ1n) is 9.41. The van der Waals surface area contributed by atoms with Crippen LogP contribution in [0.15, 0.2) is 53.5 Å². The van der Waals surface area contributed by atoms with Crippen molar-refractivity contribution in [2.24, 2.45) is 4.99 Å². The fourth-order valence-corrected chi connectivity index (χ4v) is 3.74. The fraction of sp³-hybridized carbons (Fsp3) is 0.333.